The van der Waals surface area contributed by atoms with E-state index in [1.807, 2.05) is 0 Å². The third-order valence-electron chi connectivity index (χ3n) is 5.35. The predicted octanol–water partition coefficient (Wildman–Crippen LogP) is 8.00. The standard InChI is InChI=1S/C19H17F15O/c1-3-9(2)10-4-6-11(7-5-10)12(35)8-13(20,21)14(22,23)15(24,25)16(26,27)17(28,29)18(30,31)19(32,33)34/h4-7,9,12,35H,3,8H2,1-2H3. The normalized spacial score (nSPS) is 16.9. The first kappa shape index (κ1) is 31.2. The smallest absolute Gasteiger partial charge is 0.388 e. The van der Waals surface area contributed by atoms with Gasteiger partial charge in [0, 0.05) is 6.42 Å². The molecule has 0 aliphatic heterocycles. The van der Waals surface area contributed by atoms with Crippen molar-refractivity contribution in [1.29, 1.82) is 0 Å². The molecule has 2 atom stereocenters. The highest BCUT2D eigenvalue weighted by molar-refractivity contribution is 5.27. The third-order valence-corrected chi connectivity index (χ3v) is 5.35. The molecule has 0 radical (unpaired) electrons. The Kier molecular flexibility index (Phi) is 8.20. The van der Waals surface area contributed by atoms with Crippen LogP contribution in [0.5, 0.6) is 0 Å². The quantitative estimate of drug-likeness (QED) is 0.295. The molecular formula is C19H17F15O. The summed E-state index contributed by atoms with van der Waals surface area (Å²) < 4.78 is 198. The summed E-state index contributed by atoms with van der Waals surface area (Å²) in [5.74, 6) is -47.0. The molecule has 1 N–H and O–H groups in total. The minimum atomic E-state index is -8.34. The number of benzene rings is 1. The van der Waals surface area contributed by atoms with Gasteiger partial charge in [0.2, 0.25) is 0 Å². The third kappa shape index (κ3) is 4.90. The molecule has 1 aromatic carbocycles. The lowest BCUT2D eigenvalue weighted by Crippen LogP contribution is -2.72. The first-order valence-corrected chi connectivity index (χ1v) is 9.45. The zero-order valence-electron chi connectivity index (χ0n) is 17.5. The molecule has 1 aromatic rings. The molecule has 0 aliphatic carbocycles. The van der Waals surface area contributed by atoms with Crippen LogP contribution in [-0.2, 0) is 0 Å². The van der Waals surface area contributed by atoms with Crippen LogP contribution in [0.2, 0.25) is 0 Å². The molecule has 0 saturated heterocycles. The van der Waals surface area contributed by atoms with Crippen LogP contribution < -0.4 is 0 Å². The lowest BCUT2D eigenvalue weighted by atomic mass is 9.88. The van der Waals surface area contributed by atoms with E-state index in [0.29, 0.717) is 12.0 Å². The van der Waals surface area contributed by atoms with Crippen LogP contribution in [0.15, 0.2) is 24.3 Å². The van der Waals surface area contributed by atoms with Gasteiger partial charge in [0.25, 0.3) is 0 Å². The molecule has 1 rings (SSSR count). The van der Waals surface area contributed by atoms with Crippen molar-refractivity contribution in [1.82, 2.24) is 0 Å². The fraction of sp³-hybridized carbons (Fsp3) is 0.684. The number of aliphatic hydroxyl groups excluding tert-OH is 1. The Bertz CT molecular complexity index is 858. The SMILES string of the molecule is CCC(C)c1ccc(C(O)CC(F)(F)C(F)(F)C(F)(F)C(F)(F)C(F)(F)C(F)(F)C(F)(F)F)cc1. The van der Waals surface area contributed by atoms with Gasteiger partial charge >= 0.3 is 41.7 Å². The van der Waals surface area contributed by atoms with Crippen LogP contribution in [-0.4, -0.2) is 46.8 Å². The van der Waals surface area contributed by atoms with E-state index in [2.05, 4.69) is 0 Å². The Morgan fingerprint density at radius 2 is 0.943 bits per heavy atom. The van der Waals surface area contributed by atoms with Crippen molar-refractivity contribution in [2.24, 2.45) is 0 Å². The molecule has 1 nitrogen and oxygen atoms in total. The molecule has 0 spiro atoms. The van der Waals surface area contributed by atoms with Crippen LogP contribution in [0.1, 0.15) is 49.8 Å². The number of aliphatic hydroxyl groups is 1. The van der Waals surface area contributed by atoms with Gasteiger partial charge < -0.3 is 5.11 Å². The Hall–Kier alpha value is -1.87. The van der Waals surface area contributed by atoms with Gasteiger partial charge in [-0.3, -0.25) is 0 Å². The molecule has 2 unspecified atom stereocenters. The van der Waals surface area contributed by atoms with Crippen molar-refractivity contribution in [3.05, 3.63) is 35.4 Å². The molecule has 0 fully saturated rings. The zero-order valence-corrected chi connectivity index (χ0v) is 17.5. The van der Waals surface area contributed by atoms with Gasteiger partial charge in [-0.05, 0) is 23.5 Å². The molecule has 204 valence electrons. The van der Waals surface area contributed by atoms with Crippen molar-refractivity contribution in [2.75, 3.05) is 0 Å². The number of hydrogen-bond donors (Lipinski definition) is 1. The molecule has 0 bridgehead atoms. The van der Waals surface area contributed by atoms with Crippen LogP contribution in [0.4, 0.5) is 65.9 Å². The molecule has 0 heterocycles. The maximum atomic E-state index is 14.0. The first-order chi connectivity index (χ1) is 15.3. The van der Waals surface area contributed by atoms with Crippen molar-refractivity contribution in [2.45, 2.75) is 80.4 Å². The average Bonchev–Trinajstić information content (AvgIpc) is 2.71. The van der Waals surface area contributed by atoms with Crippen molar-refractivity contribution < 1.29 is 71.0 Å². The lowest BCUT2D eigenvalue weighted by molar-refractivity contribution is -0.453. The van der Waals surface area contributed by atoms with Crippen molar-refractivity contribution >= 4 is 0 Å². The maximum absolute atomic E-state index is 14.0. The average molecular weight is 546 g/mol. The number of halogens is 15. The summed E-state index contributed by atoms with van der Waals surface area (Å²) in [5, 5.41) is 9.71. The van der Waals surface area contributed by atoms with E-state index in [4.69, 9.17) is 0 Å². The van der Waals surface area contributed by atoms with Gasteiger partial charge in [-0.15, -0.1) is 0 Å². The van der Waals surface area contributed by atoms with Crippen molar-refractivity contribution in [3.8, 4) is 0 Å². The van der Waals surface area contributed by atoms with Gasteiger partial charge in [0.05, 0.1) is 6.10 Å². The number of alkyl halides is 15. The molecule has 0 amide bonds. The summed E-state index contributed by atoms with van der Waals surface area (Å²) in [7, 11) is 0. The monoisotopic (exact) mass is 546 g/mol. The first-order valence-electron chi connectivity index (χ1n) is 9.45. The van der Waals surface area contributed by atoms with Crippen LogP contribution >= 0.6 is 0 Å². The number of rotatable bonds is 10. The highest BCUT2D eigenvalue weighted by Crippen LogP contribution is 2.63. The second-order valence-corrected chi connectivity index (χ2v) is 7.77. The highest BCUT2D eigenvalue weighted by Gasteiger charge is 2.93. The summed E-state index contributed by atoms with van der Waals surface area (Å²) >= 11 is 0. The summed E-state index contributed by atoms with van der Waals surface area (Å²) in [5.41, 5.74) is -0.0731. The Morgan fingerprint density at radius 1 is 0.600 bits per heavy atom. The molecule has 0 saturated carbocycles. The van der Waals surface area contributed by atoms with Gasteiger partial charge in [-0.1, -0.05) is 38.1 Å². The van der Waals surface area contributed by atoms with Crippen LogP contribution in [0, 0.1) is 0 Å². The summed E-state index contributed by atoms with van der Waals surface area (Å²) in [4.78, 5) is 0. The largest absolute Gasteiger partial charge is 0.460 e. The maximum Gasteiger partial charge on any atom is 0.460 e. The molecule has 35 heavy (non-hydrogen) atoms. The van der Waals surface area contributed by atoms with Crippen LogP contribution in [0.3, 0.4) is 0 Å². The van der Waals surface area contributed by atoms with E-state index < -0.39 is 59.8 Å². The molecule has 0 aliphatic rings. The summed E-state index contributed by atoms with van der Waals surface area (Å²) in [6.07, 6.45) is -12.7. The highest BCUT2D eigenvalue weighted by atomic mass is 19.4. The summed E-state index contributed by atoms with van der Waals surface area (Å²) in [6, 6.07) is 4.19. The molecule has 0 aromatic heterocycles. The van der Waals surface area contributed by atoms with Gasteiger partial charge in [0.15, 0.2) is 0 Å². The Labute approximate surface area is 187 Å². The van der Waals surface area contributed by atoms with Crippen LogP contribution in [0.25, 0.3) is 0 Å². The predicted molar refractivity (Wildman–Crippen MR) is 90.5 cm³/mol. The minimum absolute atomic E-state index is 0.107. The molecular weight excluding hydrogens is 529 g/mol. The fourth-order valence-corrected chi connectivity index (χ4v) is 2.77. The van der Waals surface area contributed by atoms with E-state index >= 15 is 0 Å². The van der Waals surface area contributed by atoms with E-state index in [0.717, 1.165) is 12.1 Å². The van der Waals surface area contributed by atoms with E-state index in [9.17, 15) is 71.0 Å². The molecule has 16 heteroatoms. The Morgan fingerprint density at radius 3 is 1.31 bits per heavy atom. The van der Waals surface area contributed by atoms with Crippen molar-refractivity contribution in [3.63, 3.8) is 0 Å². The van der Waals surface area contributed by atoms with E-state index in [-0.39, 0.29) is 5.92 Å². The second kappa shape index (κ2) is 9.21. The lowest BCUT2D eigenvalue weighted by Gasteiger charge is -2.41. The second-order valence-electron chi connectivity index (χ2n) is 7.77. The van der Waals surface area contributed by atoms with Gasteiger partial charge in [0.1, 0.15) is 0 Å². The van der Waals surface area contributed by atoms with Gasteiger partial charge in [-0.25, -0.2) is 0 Å². The zero-order chi connectivity index (χ0) is 28.1. The van der Waals surface area contributed by atoms with E-state index in [1.165, 1.54) is 12.1 Å². The summed E-state index contributed by atoms with van der Waals surface area (Å²) in [6.45, 7) is 3.46. The van der Waals surface area contributed by atoms with E-state index in [1.54, 1.807) is 13.8 Å². The topological polar surface area (TPSA) is 20.2 Å². The minimum Gasteiger partial charge on any atom is -0.388 e. The number of hydrogen-bond acceptors (Lipinski definition) is 1. The fourth-order valence-electron chi connectivity index (χ4n) is 2.77. The Balaban J connectivity index is 3.37. The van der Waals surface area contributed by atoms with Gasteiger partial charge in [-0.2, -0.15) is 65.9 Å².